The van der Waals surface area contributed by atoms with Crippen molar-refractivity contribution in [2.45, 2.75) is 69.8 Å². The summed E-state index contributed by atoms with van der Waals surface area (Å²) in [6.45, 7) is 2.48. The number of aliphatic hydroxyl groups is 2. The lowest BCUT2D eigenvalue weighted by atomic mass is 9.90. The number of halogens is 4. The van der Waals surface area contributed by atoms with E-state index >= 15 is 0 Å². The quantitative estimate of drug-likeness (QED) is 0.534. The van der Waals surface area contributed by atoms with Crippen LogP contribution in [0.2, 0.25) is 5.02 Å². The number of amides is 3. The molecule has 3 fully saturated rings. The number of alkyl halides is 3. The van der Waals surface area contributed by atoms with Crippen LogP contribution in [0, 0.1) is 5.41 Å². The van der Waals surface area contributed by atoms with Gasteiger partial charge < -0.3 is 24.9 Å². The van der Waals surface area contributed by atoms with Crippen LogP contribution in [-0.2, 0) is 27.0 Å². The molecule has 210 valence electrons. The first kappa shape index (κ1) is 28.6. The second-order valence-electron chi connectivity index (χ2n) is 10.6. The maximum atomic E-state index is 13.1. The Morgan fingerprint density at radius 1 is 1.16 bits per heavy atom. The Balaban J connectivity index is 1.31. The summed E-state index contributed by atoms with van der Waals surface area (Å²) in [5.74, 6) is -0.915. The van der Waals surface area contributed by atoms with Gasteiger partial charge in [-0.25, -0.2) is 0 Å². The monoisotopic (exact) mass is 559 g/mol. The average Bonchev–Trinajstić information content (AvgIpc) is 3.63. The Bertz CT molecular complexity index is 1080. The van der Waals surface area contributed by atoms with Crippen LogP contribution in [0.15, 0.2) is 18.2 Å². The number of aliphatic hydroxyl groups excluding tert-OH is 2. The Labute approximate surface area is 224 Å². The van der Waals surface area contributed by atoms with Gasteiger partial charge in [0.2, 0.25) is 17.7 Å². The fourth-order valence-electron chi connectivity index (χ4n) is 5.55. The number of hydrogen-bond donors (Lipinski definition) is 2. The Morgan fingerprint density at radius 3 is 2.45 bits per heavy atom. The van der Waals surface area contributed by atoms with Crippen molar-refractivity contribution in [1.82, 2.24) is 14.7 Å². The summed E-state index contributed by atoms with van der Waals surface area (Å²) in [5.41, 5.74) is -0.690. The number of likely N-dealkylation sites (tertiary alicyclic amines) is 1. The minimum Gasteiger partial charge on any atom is -0.394 e. The minimum atomic E-state index is -4.60. The highest BCUT2D eigenvalue weighted by molar-refractivity contribution is 6.31. The molecule has 0 aromatic heterocycles. The van der Waals surface area contributed by atoms with E-state index in [-0.39, 0.29) is 56.2 Å². The maximum Gasteiger partial charge on any atom is 0.417 e. The average molecular weight is 560 g/mol. The molecule has 3 aliphatic rings. The number of rotatable bonds is 7. The second kappa shape index (κ2) is 11.0. The minimum absolute atomic E-state index is 0.0111. The predicted molar refractivity (Wildman–Crippen MR) is 132 cm³/mol. The number of piperazine rings is 1. The normalized spacial score (nSPS) is 24.1. The number of piperidine rings is 1. The Hall–Kier alpha value is -2.37. The third kappa shape index (κ3) is 5.94. The Kier molecular flexibility index (Phi) is 8.30. The topological polar surface area (TPSA) is 101 Å². The molecule has 8 nitrogen and oxygen atoms in total. The smallest absolute Gasteiger partial charge is 0.394 e. The molecule has 1 spiro atoms. The van der Waals surface area contributed by atoms with Gasteiger partial charge in [-0.1, -0.05) is 17.7 Å². The van der Waals surface area contributed by atoms with Crippen molar-refractivity contribution in [2.24, 2.45) is 5.41 Å². The standard InChI is InChI=1S/C26H33ClF3N3O5/c1-16-24(38)33(18(15-34)3-5-22(36)31-9-8-25(6-7-25)21(35)14-31)11-10-32(16)23(37)13-17-2-4-19(20(27)12-17)26(28,29)30/h2,4,12,16,18,21,34-35H,3,5-11,13-15H2,1H3/t16-,18+,21+/m0/s1. The summed E-state index contributed by atoms with van der Waals surface area (Å²) in [5, 5.41) is 19.8. The fourth-order valence-corrected chi connectivity index (χ4v) is 5.86. The molecule has 3 atom stereocenters. The summed E-state index contributed by atoms with van der Waals surface area (Å²) in [6.07, 6.45) is -2.17. The summed E-state index contributed by atoms with van der Waals surface area (Å²) in [7, 11) is 0. The Morgan fingerprint density at radius 2 is 1.87 bits per heavy atom. The van der Waals surface area contributed by atoms with E-state index in [2.05, 4.69) is 0 Å². The van der Waals surface area contributed by atoms with Gasteiger partial charge in [-0.2, -0.15) is 13.2 Å². The van der Waals surface area contributed by atoms with Crippen LogP contribution in [0.1, 0.15) is 50.2 Å². The van der Waals surface area contributed by atoms with Crippen LogP contribution in [-0.4, -0.2) is 93.6 Å². The van der Waals surface area contributed by atoms with Crippen LogP contribution in [0.4, 0.5) is 13.2 Å². The van der Waals surface area contributed by atoms with Gasteiger partial charge in [0.15, 0.2) is 0 Å². The first-order valence-corrected chi connectivity index (χ1v) is 13.3. The maximum absolute atomic E-state index is 13.1. The summed E-state index contributed by atoms with van der Waals surface area (Å²) < 4.78 is 38.8. The molecular weight excluding hydrogens is 527 g/mol. The molecule has 0 unspecified atom stereocenters. The highest BCUT2D eigenvalue weighted by atomic mass is 35.5. The molecular formula is C26H33ClF3N3O5. The third-order valence-electron chi connectivity index (χ3n) is 8.27. The molecule has 4 rings (SSSR count). The van der Waals surface area contributed by atoms with E-state index in [4.69, 9.17) is 11.6 Å². The van der Waals surface area contributed by atoms with E-state index in [0.29, 0.717) is 18.7 Å². The lowest BCUT2D eigenvalue weighted by Crippen LogP contribution is -2.61. The predicted octanol–water partition coefficient (Wildman–Crippen LogP) is 2.48. The van der Waals surface area contributed by atoms with Crippen molar-refractivity contribution in [3.63, 3.8) is 0 Å². The summed E-state index contributed by atoms with van der Waals surface area (Å²) >= 11 is 5.76. The molecule has 0 bridgehead atoms. The van der Waals surface area contributed by atoms with E-state index in [1.807, 2.05) is 0 Å². The second-order valence-corrected chi connectivity index (χ2v) is 11.0. The molecule has 1 aliphatic carbocycles. The van der Waals surface area contributed by atoms with Crippen LogP contribution in [0.3, 0.4) is 0 Å². The van der Waals surface area contributed by atoms with Gasteiger partial charge in [-0.05, 0) is 55.7 Å². The molecule has 12 heteroatoms. The van der Waals surface area contributed by atoms with Gasteiger partial charge in [0.25, 0.3) is 0 Å². The first-order chi connectivity index (χ1) is 17.9. The van der Waals surface area contributed by atoms with Crippen molar-refractivity contribution < 1.29 is 37.8 Å². The van der Waals surface area contributed by atoms with Gasteiger partial charge in [-0.15, -0.1) is 0 Å². The zero-order valence-electron chi connectivity index (χ0n) is 21.2. The number of carbonyl (C=O) groups excluding carboxylic acids is 3. The highest BCUT2D eigenvalue weighted by Gasteiger charge is 2.51. The SMILES string of the molecule is C[C@H]1C(=O)N([C@@H](CO)CCC(=O)N2CCC3(CC3)[C@H](O)C2)CCN1C(=O)Cc1ccc(C(F)(F)F)c(Cl)c1. The largest absolute Gasteiger partial charge is 0.417 e. The van der Waals surface area contributed by atoms with Gasteiger partial charge in [-0.3, -0.25) is 14.4 Å². The summed E-state index contributed by atoms with van der Waals surface area (Å²) in [4.78, 5) is 43.3. The zero-order valence-corrected chi connectivity index (χ0v) is 22.0. The molecule has 1 aromatic carbocycles. The van der Waals surface area contributed by atoms with E-state index in [1.54, 1.807) is 11.8 Å². The van der Waals surface area contributed by atoms with Crippen molar-refractivity contribution in [1.29, 1.82) is 0 Å². The van der Waals surface area contributed by atoms with Crippen molar-refractivity contribution >= 4 is 29.3 Å². The molecule has 3 amide bonds. The van der Waals surface area contributed by atoms with Crippen molar-refractivity contribution in [3.8, 4) is 0 Å². The van der Waals surface area contributed by atoms with Gasteiger partial charge in [0.1, 0.15) is 6.04 Å². The van der Waals surface area contributed by atoms with Crippen LogP contribution >= 0.6 is 11.6 Å². The molecule has 1 saturated carbocycles. The number of benzene rings is 1. The molecule has 2 heterocycles. The van der Waals surface area contributed by atoms with Crippen LogP contribution < -0.4 is 0 Å². The lowest BCUT2D eigenvalue weighted by Gasteiger charge is -2.42. The van der Waals surface area contributed by atoms with E-state index in [9.17, 15) is 37.8 Å². The number of β-amino-alcohol motifs (C(OH)–C–C–N with tert-alkyl or cyclic N) is 1. The van der Waals surface area contributed by atoms with Gasteiger partial charge >= 0.3 is 6.18 Å². The molecule has 2 aliphatic heterocycles. The van der Waals surface area contributed by atoms with E-state index in [0.717, 1.165) is 31.4 Å². The zero-order chi connectivity index (χ0) is 27.8. The van der Waals surface area contributed by atoms with Crippen molar-refractivity contribution in [2.75, 3.05) is 32.8 Å². The fraction of sp³-hybridized carbons (Fsp3) is 0.654. The molecule has 2 N–H and O–H groups in total. The molecule has 38 heavy (non-hydrogen) atoms. The lowest BCUT2D eigenvalue weighted by molar-refractivity contribution is -0.153. The summed E-state index contributed by atoms with van der Waals surface area (Å²) in [6, 6.07) is 1.71. The highest BCUT2D eigenvalue weighted by Crippen LogP contribution is 2.53. The third-order valence-corrected chi connectivity index (χ3v) is 8.58. The molecule has 2 saturated heterocycles. The number of hydrogen-bond acceptors (Lipinski definition) is 5. The van der Waals surface area contributed by atoms with Gasteiger partial charge in [0, 0.05) is 32.6 Å². The van der Waals surface area contributed by atoms with Crippen LogP contribution in [0.5, 0.6) is 0 Å². The van der Waals surface area contributed by atoms with Crippen LogP contribution in [0.25, 0.3) is 0 Å². The molecule has 1 aromatic rings. The number of nitrogens with zero attached hydrogens (tertiary/aromatic N) is 3. The van der Waals surface area contributed by atoms with E-state index < -0.39 is 40.9 Å². The van der Waals surface area contributed by atoms with Crippen molar-refractivity contribution in [3.05, 3.63) is 34.3 Å². The molecule has 0 radical (unpaired) electrons. The number of carbonyl (C=O) groups is 3. The van der Waals surface area contributed by atoms with E-state index in [1.165, 1.54) is 15.9 Å². The first-order valence-electron chi connectivity index (χ1n) is 12.9. The van der Waals surface area contributed by atoms with Gasteiger partial charge in [0.05, 0.1) is 35.8 Å².